The first-order chi connectivity index (χ1) is 12.3. The lowest BCUT2D eigenvalue weighted by atomic mass is 9.99. The number of hydrogen-bond donors (Lipinski definition) is 0. The van der Waals surface area contributed by atoms with E-state index in [-0.39, 0.29) is 0 Å². The van der Waals surface area contributed by atoms with Crippen LogP contribution in [0.1, 0.15) is 84.5 Å². The molecule has 0 radical (unpaired) electrons. The van der Waals surface area contributed by atoms with Crippen LogP contribution in [0.3, 0.4) is 0 Å². The van der Waals surface area contributed by atoms with Gasteiger partial charge in [-0.05, 0) is 44.2 Å². The quantitative estimate of drug-likeness (QED) is 0.172. The smallest absolute Gasteiger partial charge is 0.0311 e. The molecule has 0 spiro atoms. The van der Waals surface area contributed by atoms with Gasteiger partial charge >= 0.3 is 0 Å². The molecule has 0 bridgehead atoms. The maximum Gasteiger partial charge on any atom is 0.0311 e. The van der Waals surface area contributed by atoms with E-state index < -0.39 is 0 Å². The molecule has 0 N–H and O–H groups in total. The molecule has 1 atom stereocenters. The van der Waals surface area contributed by atoms with Crippen LogP contribution in [0, 0.1) is 0 Å². The second-order valence-corrected chi connectivity index (χ2v) is 8.25. The minimum atomic E-state index is 0.521. The van der Waals surface area contributed by atoms with E-state index in [1.807, 2.05) is 11.8 Å². The second-order valence-electron chi connectivity index (χ2n) is 6.94. The number of hydrogen-bond acceptors (Lipinski definition) is 1. The van der Waals surface area contributed by atoms with Crippen molar-refractivity contribution in [1.82, 2.24) is 0 Å². The van der Waals surface area contributed by atoms with E-state index >= 15 is 0 Å². The molecule has 0 saturated carbocycles. The number of thioether (sulfide) groups is 1. The standard InChI is InChI=1S/C24H38S/c1-4-7-9-12-17-22(18-13-10-8-5-2)21-24(16-6-3)25-23-19-14-11-15-20-23/h6,11,14-15,19-21,24H,3-5,7-10,12-13,16-18H2,1-2H3. The van der Waals surface area contributed by atoms with Gasteiger partial charge in [0, 0.05) is 10.1 Å². The van der Waals surface area contributed by atoms with E-state index in [4.69, 9.17) is 0 Å². The van der Waals surface area contributed by atoms with Crippen molar-refractivity contribution in [3.05, 3.63) is 54.6 Å². The van der Waals surface area contributed by atoms with Crippen molar-refractivity contribution >= 4 is 11.8 Å². The molecule has 0 heterocycles. The topological polar surface area (TPSA) is 0 Å². The molecule has 0 saturated heterocycles. The Morgan fingerprint density at radius 2 is 1.52 bits per heavy atom. The van der Waals surface area contributed by atoms with Crippen LogP contribution in [-0.4, -0.2) is 5.25 Å². The Morgan fingerprint density at radius 1 is 0.920 bits per heavy atom. The highest BCUT2D eigenvalue weighted by molar-refractivity contribution is 8.00. The minimum absolute atomic E-state index is 0.521. The Hall–Kier alpha value is -0.950. The van der Waals surface area contributed by atoms with Gasteiger partial charge in [-0.25, -0.2) is 0 Å². The molecular formula is C24H38S. The summed E-state index contributed by atoms with van der Waals surface area (Å²) in [4.78, 5) is 1.36. The molecule has 1 unspecified atom stereocenters. The van der Waals surface area contributed by atoms with E-state index in [2.05, 4.69) is 62.9 Å². The van der Waals surface area contributed by atoms with Crippen LogP contribution in [-0.2, 0) is 0 Å². The van der Waals surface area contributed by atoms with Gasteiger partial charge in [-0.1, -0.05) is 88.3 Å². The summed E-state index contributed by atoms with van der Waals surface area (Å²) in [7, 11) is 0. The lowest BCUT2D eigenvalue weighted by Crippen LogP contribution is -2.00. The Labute approximate surface area is 161 Å². The molecule has 25 heavy (non-hydrogen) atoms. The van der Waals surface area contributed by atoms with Crippen molar-refractivity contribution in [2.75, 3.05) is 0 Å². The molecule has 1 rings (SSSR count). The molecule has 0 aliphatic rings. The van der Waals surface area contributed by atoms with Crippen molar-refractivity contribution < 1.29 is 0 Å². The van der Waals surface area contributed by atoms with Crippen LogP contribution in [0.4, 0.5) is 0 Å². The lowest BCUT2D eigenvalue weighted by molar-refractivity contribution is 0.622. The summed E-state index contributed by atoms with van der Waals surface area (Å²) >= 11 is 1.98. The first kappa shape index (κ1) is 22.1. The zero-order chi connectivity index (χ0) is 18.2. The fraction of sp³-hybridized carbons (Fsp3) is 0.583. The highest BCUT2D eigenvalue weighted by Gasteiger charge is 2.08. The van der Waals surface area contributed by atoms with Crippen molar-refractivity contribution in [2.24, 2.45) is 0 Å². The van der Waals surface area contributed by atoms with Gasteiger partial charge in [-0.3, -0.25) is 0 Å². The molecule has 1 aromatic carbocycles. The fourth-order valence-corrected chi connectivity index (χ4v) is 4.26. The summed E-state index contributed by atoms with van der Waals surface area (Å²) in [6, 6.07) is 10.8. The molecule has 0 fully saturated rings. The van der Waals surface area contributed by atoms with Crippen LogP contribution in [0.15, 0.2) is 59.5 Å². The third-order valence-corrected chi connectivity index (χ3v) is 5.73. The molecule has 1 heteroatoms. The maximum absolute atomic E-state index is 3.98. The van der Waals surface area contributed by atoms with Gasteiger partial charge in [-0.2, -0.15) is 0 Å². The lowest BCUT2D eigenvalue weighted by Gasteiger charge is -2.15. The number of rotatable bonds is 15. The molecule has 140 valence electrons. The van der Waals surface area contributed by atoms with Gasteiger partial charge in [0.25, 0.3) is 0 Å². The normalized spacial score (nSPS) is 11.9. The summed E-state index contributed by atoms with van der Waals surface area (Å²) in [5.41, 5.74) is 1.68. The highest BCUT2D eigenvalue weighted by atomic mass is 32.2. The van der Waals surface area contributed by atoms with E-state index in [0.29, 0.717) is 5.25 Å². The Kier molecular flexibility index (Phi) is 13.5. The number of allylic oxidation sites excluding steroid dienone is 2. The molecule has 0 aromatic heterocycles. The first-order valence-corrected chi connectivity index (χ1v) is 11.2. The molecular weight excluding hydrogens is 320 g/mol. The predicted octanol–water partition coefficient (Wildman–Crippen LogP) is 8.59. The van der Waals surface area contributed by atoms with Crippen molar-refractivity contribution in [2.45, 2.75) is 94.6 Å². The van der Waals surface area contributed by atoms with Gasteiger partial charge < -0.3 is 0 Å². The highest BCUT2D eigenvalue weighted by Crippen LogP contribution is 2.29. The molecule has 1 aromatic rings. The Balaban J connectivity index is 2.67. The van der Waals surface area contributed by atoms with Gasteiger partial charge in [0.05, 0.1) is 0 Å². The predicted molar refractivity (Wildman–Crippen MR) is 117 cm³/mol. The van der Waals surface area contributed by atoms with Crippen molar-refractivity contribution in [3.8, 4) is 0 Å². The summed E-state index contributed by atoms with van der Waals surface area (Å²) in [5, 5.41) is 0.521. The summed E-state index contributed by atoms with van der Waals surface area (Å²) in [6.07, 6.45) is 19.1. The zero-order valence-electron chi connectivity index (χ0n) is 16.5. The third-order valence-electron chi connectivity index (χ3n) is 4.55. The number of unbranched alkanes of at least 4 members (excludes halogenated alkanes) is 6. The Morgan fingerprint density at radius 3 is 2.04 bits per heavy atom. The fourth-order valence-electron chi connectivity index (χ4n) is 3.10. The van der Waals surface area contributed by atoms with Gasteiger partial charge in [-0.15, -0.1) is 18.3 Å². The van der Waals surface area contributed by atoms with Crippen LogP contribution >= 0.6 is 11.8 Å². The molecule has 0 amide bonds. The minimum Gasteiger partial charge on any atom is -0.118 e. The van der Waals surface area contributed by atoms with E-state index in [9.17, 15) is 0 Å². The first-order valence-electron chi connectivity index (χ1n) is 10.3. The summed E-state index contributed by atoms with van der Waals surface area (Å²) in [5.74, 6) is 0. The number of benzene rings is 1. The molecule has 0 nitrogen and oxygen atoms in total. The molecule has 0 aliphatic heterocycles. The van der Waals surface area contributed by atoms with Crippen LogP contribution < -0.4 is 0 Å². The van der Waals surface area contributed by atoms with Crippen LogP contribution in [0.5, 0.6) is 0 Å². The summed E-state index contributed by atoms with van der Waals surface area (Å²) < 4.78 is 0. The van der Waals surface area contributed by atoms with Crippen molar-refractivity contribution in [3.63, 3.8) is 0 Å². The van der Waals surface area contributed by atoms with Gasteiger partial charge in [0.1, 0.15) is 0 Å². The van der Waals surface area contributed by atoms with Crippen LogP contribution in [0.2, 0.25) is 0 Å². The molecule has 0 aliphatic carbocycles. The van der Waals surface area contributed by atoms with E-state index in [1.165, 1.54) is 69.1 Å². The second kappa shape index (κ2) is 15.3. The average molecular weight is 359 g/mol. The third kappa shape index (κ3) is 11.3. The maximum atomic E-state index is 3.98. The summed E-state index contributed by atoms with van der Waals surface area (Å²) in [6.45, 7) is 8.56. The Bertz CT molecular complexity index is 446. The SMILES string of the molecule is C=CCC(C=C(CCCCCC)CCCCCC)Sc1ccccc1. The van der Waals surface area contributed by atoms with Gasteiger partial charge in [0.2, 0.25) is 0 Å². The van der Waals surface area contributed by atoms with E-state index in [0.717, 1.165) is 6.42 Å². The largest absolute Gasteiger partial charge is 0.118 e. The monoisotopic (exact) mass is 358 g/mol. The van der Waals surface area contributed by atoms with Crippen molar-refractivity contribution in [1.29, 1.82) is 0 Å². The zero-order valence-corrected chi connectivity index (χ0v) is 17.3. The van der Waals surface area contributed by atoms with Crippen LogP contribution in [0.25, 0.3) is 0 Å². The van der Waals surface area contributed by atoms with Gasteiger partial charge in [0.15, 0.2) is 0 Å². The average Bonchev–Trinajstić information content (AvgIpc) is 2.63. The van der Waals surface area contributed by atoms with E-state index in [1.54, 1.807) is 5.57 Å².